The van der Waals surface area contributed by atoms with Crippen LogP contribution >= 0.6 is 0 Å². The number of hydrogen-bond acceptors (Lipinski definition) is 4. The number of carbonyl (C=O) groups excluding carboxylic acids is 1. The van der Waals surface area contributed by atoms with Gasteiger partial charge in [-0.1, -0.05) is 18.2 Å². The van der Waals surface area contributed by atoms with Crippen molar-refractivity contribution in [3.05, 3.63) is 54.5 Å². The number of nitrogens with zero attached hydrogens (tertiary/aromatic N) is 2. The topological polar surface area (TPSA) is 66.5 Å². The van der Waals surface area contributed by atoms with Crippen molar-refractivity contribution in [2.75, 3.05) is 13.2 Å². The predicted molar refractivity (Wildman–Crippen MR) is 85.5 cm³/mol. The minimum absolute atomic E-state index is 0.00770. The summed E-state index contributed by atoms with van der Waals surface area (Å²) in [6.07, 6.45) is 2.91. The molecule has 0 aliphatic carbocycles. The fourth-order valence-corrected chi connectivity index (χ4v) is 2.16. The van der Waals surface area contributed by atoms with Crippen LogP contribution in [0.15, 0.2) is 53.1 Å². The summed E-state index contributed by atoms with van der Waals surface area (Å²) in [7, 11) is 0. The molecule has 5 heteroatoms. The summed E-state index contributed by atoms with van der Waals surface area (Å²) in [4.78, 5) is 14.0. The summed E-state index contributed by atoms with van der Waals surface area (Å²) in [5.41, 5.74) is 0. The lowest BCUT2D eigenvalue weighted by Crippen LogP contribution is -2.31. The molecule has 5 nitrogen and oxygen atoms in total. The molecular weight excluding hydrogens is 292 g/mol. The maximum atomic E-state index is 12.3. The fourth-order valence-electron chi connectivity index (χ4n) is 2.16. The zero-order chi connectivity index (χ0) is 16.3. The smallest absolute Gasteiger partial charge is 0.223 e. The Morgan fingerprint density at radius 1 is 1.22 bits per heavy atom. The van der Waals surface area contributed by atoms with Crippen molar-refractivity contribution in [2.45, 2.75) is 25.8 Å². The van der Waals surface area contributed by atoms with Gasteiger partial charge in [0.25, 0.3) is 0 Å². The Morgan fingerprint density at radius 3 is 2.74 bits per heavy atom. The first-order valence-electron chi connectivity index (χ1n) is 7.64. The maximum absolute atomic E-state index is 12.3. The van der Waals surface area contributed by atoms with E-state index in [1.54, 1.807) is 17.2 Å². The van der Waals surface area contributed by atoms with Crippen LogP contribution in [0.3, 0.4) is 0 Å². The van der Waals surface area contributed by atoms with Gasteiger partial charge in [-0.15, -0.1) is 0 Å². The van der Waals surface area contributed by atoms with E-state index in [0.29, 0.717) is 39.0 Å². The van der Waals surface area contributed by atoms with Crippen LogP contribution < -0.4 is 4.74 Å². The normalized spacial score (nSPS) is 10.0. The lowest BCUT2D eigenvalue weighted by atomic mass is 10.2. The molecule has 0 radical (unpaired) electrons. The van der Waals surface area contributed by atoms with Gasteiger partial charge in [-0.3, -0.25) is 4.79 Å². The highest BCUT2D eigenvalue weighted by molar-refractivity contribution is 5.76. The molecule has 120 valence electrons. The fraction of sp³-hybridized carbons (Fsp3) is 0.333. The molecule has 1 aromatic carbocycles. The Bertz CT molecular complexity index is 617. The zero-order valence-electron chi connectivity index (χ0n) is 13.0. The molecule has 1 aromatic heterocycles. The first kappa shape index (κ1) is 16.6. The van der Waals surface area contributed by atoms with E-state index in [1.807, 2.05) is 36.4 Å². The van der Waals surface area contributed by atoms with E-state index in [2.05, 4.69) is 6.07 Å². The number of hydrogen-bond donors (Lipinski definition) is 0. The van der Waals surface area contributed by atoms with Crippen LogP contribution in [-0.2, 0) is 11.3 Å². The SMILES string of the molecule is N#CCCN(Cc1ccco1)C(=O)CCCOc1ccccc1. The Labute approximate surface area is 136 Å². The third-order valence-electron chi connectivity index (χ3n) is 3.32. The molecule has 1 heterocycles. The summed E-state index contributed by atoms with van der Waals surface area (Å²) >= 11 is 0. The number of nitriles is 1. The Hall–Kier alpha value is -2.74. The van der Waals surface area contributed by atoms with Gasteiger partial charge >= 0.3 is 0 Å². The number of rotatable bonds is 9. The van der Waals surface area contributed by atoms with Crippen LogP contribution in [0.4, 0.5) is 0 Å². The van der Waals surface area contributed by atoms with E-state index in [9.17, 15) is 4.79 Å². The molecule has 0 aliphatic heterocycles. The van der Waals surface area contributed by atoms with Gasteiger partial charge in [-0.25, -0.2) is 0 Å². The molecule has 0 atom stereocenters. The molecule has 0 spiro atoms. The average Bonchev–Trinajstić information content (AvgIpc) is 3.09. The van der Waals surface area contributed by atoms with Crippen LogP contribution in [0.25, 0.3) is 0 Å². The summed E-state index contributed by atoms with van der Waals surface area (Å²) in [5.74, 6) is 1.53. The Balaban J connectivity index is 1.76. The van der Waals surface area contributed by atoms with Gasteiger partial charge < -0.3 is 14.1 Å². The van der Waals surface area contributed by atoms with Crippen molar-refractivity contribution in [1.29, 1.82) is 5.26 Å². The van der Waals surface area contributed by atoms with Crippen LogP contribution in [0.5, 0.6) is 5.75 Å². The Kier molecular flexibility index (Phi) is 6.73. The molecule has 2 aromatic rings. The number of furan rings is 1. The number of carbonyl (C=O) groups is 1. The largest absolute Gasteiger partial charge is 0.494 e. The van der Waals surface area contributed by atoms with Gasteiger partial charge in [-0.2, -0.15) is 5.26 Å². The van der Waals surface area contributed by atoms with E-state index in [1.165, 1.54) is 0 Å². The quantitative estimate of drug-likeness (QED) is 0.666. The van der Waals surface area contributed by atoms with E-state index in [-0.39, 0.29) is 5.91 Å². The molecule has 2 rings (SSSR count). The summed E-state index contributed by atoms with van der Waals surface area (Å²) in [5, 5.41) is 8.73. The number of benzene rings is 1. The van der Waals surface area contributed by atoms with Gasteiger partial charge in [0, 0.05) is 13.0 Å². The first-order chi connectivity index (χ1) is 11.3. The molecule has 1 amide bonds. The molecule has 0 N–H and O–H groups in total. The first-order valence-corrected chi connectivity index (χ1v) is 7.64. The number of ether oxygens (including phenoxy) is 1. The van der Waals surface area contributed by atoms with Crippen molar-refractivity contribution in [1.82, 2.24) is 4.90 Å². The molecule has 23 heavy (non-hydrogen) atoms. The Morgan fingerprint density at radius 2 is 2.04 bits per heavy atom. The summed E-state index contributed by atoms with van der Waals surface area (Å²) in [6, 6.07) is 15.2. The van der Waals surface area contributed by atoms with E-state index in [4.69, 9.17) is 14.4 Å². The highest BCUT2D eigenvalue weighted by atomic mass is 16.5. The predicted octanol–water partition coefficient (Wildman–Crippen LogP) is 3.38. The van der Waals surface area contributed by atoms with Gasteiger partial charge in [0.05, 0.1) is 31.9 Å². The van der Waals surface area contributed by atoms with Gasteiger partial charge in [0.2, 0.25) is 5.91 Å². The minimum Gasteiger partial charge on any atom is -0.494 e. The molecule has 0 saturated carbocycles. The van der Waals surface area contributed by atoms with Gasteiger partial charge in [0.1, 0.15) is 11.5 Å². The number of para-hydroxylation sites is 1. The highest BCUT2D eigenvalue weighted by Crippen LogP contribution is 2.11. The van der Waals surface area contributed by atoms with Crippen molar-refractivity contribution in [3.63, 3.8) is 0 Å². The highest BCUT2D eigenvalue weighted by Gasteiger charge is 2.14. The third kappa shape index (κ3) is 5.87. The van der Waals surface area contributed by atoms with E-state index >= 15 is 0 Å². The van der Waals surface area contributed by atoms with Crippen LogP contribution in [0, 0.1) is 11.3 Å². The molecule has 0 aliphatic rings. The molecule has 0 unspecified atom stereocenters. The second-order valence-corrected chi connectivity index (χ2v) is 5.07. The minimum atomic E-state index is 0.00770. The number of amides is 1. The van der Waals surface area contributed by atoms with Gasteiger partial charge in [0.15, 0.2) is 0 Å². The second-order valence-electron chi connectivity index (χ2n) is 5.07. The lowest BCUT2D eigenvalue weighted by Gasteiger charge is -2.20. The van der Waals surface area contributed by atoms with Crippen LogP contribution in [0.1, 0.15) is 25.0 Å². The average molecular weight is 312 g/mol. The summed E-state index contributed by atoms with van der Waals surface area (Å²) < 4.78 is 10.9. The van der Waals surface area contributed by atoms with Crippen LogP contribution in [0.2, 0.25) is 0 Å². The van der Waals surface area contributed by atoms with Crippen molar-refractivity contribution in [2.24, 2.45) is 0 Å². The second kappa shape index (κ2) is 9.31. The van der Waals surface area contributed by atoms with Crippen molar-refractivity contribution < 1.29 is 13.9 Å². The van der Waals surface area contributed by atoms with Crippen molar-refractivity contribution in [3.8, 4) is 11.8 Å². The van der Waals surface area contributed by atoms with Crippen molar-refractivity contribution >= 4 is 5.91 Å². The molecule has 0 bridgehead atoms. The lowest BCUT2D eigenvalue weighted by molar-refractivity contribution is -0.132. The third-order valence-corrected chi connectivity index (χ3v) is 3.32. The maximum Gasteiger partial charge on any atom is 0.223 e. The summed E-state index contributed by atoms with van der Waals surface area (Å²) in [6.45, 7) is 1.30. The molecule has 0 saturated heterocycles. The molecule has 0 fully saturated rings. The van der Waals surface area contributed by atoms with Crippen LogP contribution in [-0.4, -0.2) is 24.0 Å². The zero-order valence-corrected chi connectivity index (χ0v) is 13.0. The van der Waals surface area contributed by atoms with E-state index < -0.39 is 0 Å². The van der Waals surface area contributed by atoms with E-state index in [0.717, 1.165) is 11.5 Å². The monoisotopic (exact) mass is 312 g/mol. The standard InChI is InChI=1S/C18H20N2O3/c19-11-6-12-20(15-17-9-4-13-23-17)18(21)10-5-14-22-16-7-2-1-3-8-16/h1-4,7-9,13H,5-6,10,12,14-15H2. The molecular formula is C18H20N2O3. The van der Waals surface area contributed by atoms with Gasteiger partial charge in [-0.05, 0) is 30.7 Å².